The van der Waals surface area contributed by atoms with Crippen molar-refractivity contribution < 1.29 is 46.1 Å². The highest BCUT2D eigenvalue weighted by Gasteiger charge is 2.53. The summed E-state index contributed by atoms with van der Waals surface area (Å²) in [5, 5.41) is 12.7. The normalized spacial score (nSPS) is 13.2. The fourth-order valence-corrected chi connectivity index (χ4v) is 21.0. The zero-order valence-corrected chi connectivity index (χ0v) is 52.5. The highest BCUT2D eigenvalue weighted by molar-refractivity contribution is 7.48. The monoisotopic (exact) mass is 1140 g/mol. The SMILES string of the molecule is CCCCCCCCCCCC(=O)OC[C@@H](COP(=O)(OCCC#N)OC[C@H](COC(=O)CCCCCCCCCCC)O[Si](c1ccccc1)(c1ccccc1)C(C)(C)C)O[Si](c1ccccc1)(c1ccccc1)C(C)(C)C. The third-order valence-corrected chi connectivity index (χ3v) is 26.3. The number of rotatable bonds is 41. The molecule has 0 unspecified atom stereocenters. The number of carbonyl (C=O) groups is 2. The second-order valence-electron chi connectivity index (χ2n) is 23.1. The predicted octanol–water partition coefficient (Wildman–Crippen LogP) is 14.9. The first kappa shape index (κ1) is 67.3. The molecular weight excluding hydrogens is 1040 g/mol. The van der Waals surface area contributed by atoms with E-state index in [-0.39, 0.29) is 64.2 Å². The van der Waals surface area contributed by atoms with Crippen molar-refractivity contribution >= 4 is 57.1 Å². The van der Waals surface area contributed by atoms with E-state index in [1.165, 1.54) is 64.2 Å². The summed E-state index contributed by atoms with van der Waals surface area (Å²) in [5.41, 5.74) is 0. The van der Waals surface area contributed by atoms with Gasteiger partial charge in [0, 0.05) is 12.8 Å². The fraction of sp³-hybridized carbons (Fsp3) is 0.585. The van der Waals surface area contributed by atoms with Crippen molar-refractivity contribution in [1.82, 2.24) is 0 Å². The second kappa shape index (κ2) is 36.3. The lowest BCUT2D eigenvalue weighted by atomic mass is 10.1. The number of phosphoric acid groups is 1. The van der Waals surface area contributed by atoms with Gasteiger partial charge in [-0.1, -0.05) is 279 Å². The molecule has 0 heterocycles. The molecule has 0 aliphatic rings. The van der Waals surface area contributed by atoms with Crippen molar-refractivity contribution in [3.05, 3.63) is 121 Å². The first-order valence-corrected chi connectivity index (χ1v) is 35.1. The van der Waals surface area contributed by atoms with Crippen LogP contribution in [0, 0.1) is 11.3 Å². The van der Waals surface area contributed by atoms with Crippen LogP contribution in [0.15, 0.2) is 121 Å². The van der Waals surface area contributed by atoms with Gasteiger partial charge in [-0.25, -0.2) is 4.57 Å². The average Bonchev–Trinajstić information content (AvgIpc) is 3.53. The van der Waals surface area contributed by atoms with E-state index in [0.29, 0.717) is 12.8 Å². The number of unbranched alkanes of at least 4 members (excludes halogenated alkanes) is 16. The van der Waals surface area contributed by atoms with Crippen molar-refractivity contribution in [2.75, 3.05) is 33.0 Å². The molecule has 0 amide bonds. The van der Waals surface area contributed by atoms with Gasteiger partial charge in [0.05, 0.1) is 32.3 Å². The molecule has 0 saturated heterocycles. The number of phosphoric ester groups is 1. The van der Waals surface area contributed by atoms with Crippen LogP contribution in [0.25, 0.3) is 0 Å². The van der Waals surface area contributed by atoms with Crippen LogP contribution in [0.4, 0.5) is 0 Å². The van der Waals surface area contributed by atoms with Gasteiger partial charge in [-0.2, -0.15) is 5.26 Å². The molecule has 14 heteroatoms. The largest absolute Gasteiger partial charge is 0.475 e. The van der Waals surface area contributed by atoms with Gasteiger partial charge in [0.1, 0.15) is 25.4 Å². The molecule has 0 fully saturated rings. The molecular formula is C65H98NO10PSi2. The third-order valence-electron chi connectivity index (χ3n) is 14.7. The van der Waals surface area contributed by atoms with Crippen molar-refractivity contribution in [2.24, 2.45) is 0 Å². The highest BCUT2D eigenvalue weighted by Crippen LogP contribution is 2.51. The Balaban J connectivity index is 1.67. The molecule has 79 heavy (non-hydrogen) atoms. The number of ether oxygens (including phenoxy) is 2. The van der Waals surface area contributed by atoms with Crippen LogP contribution in [0.3, 0.4) is 0 Å². The summed E-state index contributed by atoms with van der Waals surface area (Å²) in [7, 11) is -11.2. The van der Waals surface area contributed by atoms with E-state index in [1.54, 1.807) is 0 Å². The molecule has 11 nitrogen and oxygen atoms in total. The van der Waals surface area contributed by atoms with E-state index < -0.39 is 46.7 Å². The Labute approximate surface area is 479 Å². The Morgan fingerprint density at radius 1 is 0.456 bits per heavy atom. The maximum Gasteiger partial charge on any atom is 0.475 e. The van der Waals surface area contributed by atoms with Crippen LogP contribution >= 0.6 is 7.82 Å². The highest BCUT2D eigenvalue weighted by atomic mass is 31.2. The minimum absolute atomic E-state index is 0.0896. The molecule has 4 aromatic rings. The van der Waals surface area contributed by atoms with Crippen molar-refractivity contribution in [2.45, 2.75) is 213 Å². The molecule has 2 atom stereocenters. The number of esters is 2. The van der Waals surface area contributed by atoms with Crippen LogP contribution < -0.4 is 20.7 Å². The van der Waals surface area contributed by atoms with E-state index in [2.05, 4.69) is 110 Å². The molecule has 0 bridgehead atoms. The van der Waals surface area contributed by atoms with E-state index in [4.69, 9.17) is 31.9 Å². The Kier molecular flexibility index (Phi) is 30.9. The van der Waals surface area contributed by atoms with E-state index in [1.807, 2.05) is 72.8 Å². The van der Waals surface area contributed by atoms with Crippen molar-refractivity contribution in [3.8, 4) is 6.07 Å². The topological polar surface area (TPSA) is 140 Å². The summed E-state index contributed by atoms with van der Waals surface area (Å²) in [6.45, 7) is 16.0. The zero-order chi connectivity index (χ0) is 57.3. The Hall–Kier alpha value is -4.23. The lowest BCUT2D eigenvalue weighted by molar-refractivity contribution is -0.147. The zero-order valence-electron chi connectivity index (χ0n) is 49.6. The third kappa shape index (κ3) is 22.6. The summed E-state index contributed by atoms with van der Waals surface area (Å²) in [6.07, 6.45) is 18.7. The van der Waals surface area contributed by atoms with Crippen LogP contribution in [-0.4, -0.2) is 73.8 Å². The average molecular weight is 1140 g/mol. The summed E-state index contributed by atoms with van der Waals surface area (Å²) in [5.74, 6) is -0.696. The number of hydrogen-bond donors (Lipinski definition) is 0. The van der Waals surface area contributed by atoms with Crippen LogP contribution in [0.2, 0.25) is 10.1 Å². The molecule has 0 spiro atoms. The van der Waals surface area contributed by atoms with Crippen LogP contribution in [0.1, 0.15) is 190 Å². The molecule has 0 saturated carbocycles. The molecule has 0 radical (unpaired) electrons. The van der Waals surface area contributed by atoms with Crippen molar-refractivity contribution in [1.29, 1.82) is 5.26 Å². The van der Waals surface area contributed by atoms with Crippen LogP contribution in [-0.2, 0) is 46.1 Å². The molecule has 4 rings (SSSR count). The summed E-state index contributed by atoms with van der Waals surface area (Å²) in [6, 6.07) is 42.5. The first-order chi connectivity index (χ1) is 38.0. The van der Waals surface area contributed by atoms with Gasteiger partial charge in [-0.05, 0) is 43.7 Å². The Morgan fingerprint density at radius 2 is 0.747 bits per heavy atom. The number of hydrogen-bond acceptors (Lipinski definition) is 11. The Bertz CT molecular complexity index is 2130. The van der Waals surface area contributed by atoms with Gasteiger partial charge in [0.25, 0.3) is 16.6 Å². The molecule has 0 aromatic heterocycles. The number of benzene rings is 4. The smallest absolute Gasteiger partial charge is 0.463 e. The number of carbonyl (C=O) groups excluding carboxylic acids is 2. The van der Waals surface area contributed by atoms with Gasteiger partial charge in [-0.15, -0.1) is 0 Å². The summed E-state index contributed by atoms with van der Waals surface area (Å²) in [4.78, 5) is 27.1. The quantitative estimate of drug-likeness (QED) is 0.0182. The molecule has 0 aliphatic carbocycles. The minimum Gasteiger partial charge on any atom is -0.463 e. The summed E-state index contributed by atoms with van der Waals surface area (Å²) < 4.78 is 61.1. The van der Waals surface area contributed by atoms with Gasteiger partial charge < -0.3 is 18.3 Å². The molecule has 4 aromatic carbocycles. The lowest BCUT2D eigenvalue weighted by Gasteiger charge is -2.45. The maximum absolute atomic E-state index is 15.3. The van der Waals surface area contributed by atoms with Gasteiger partial charge in [-0.3, -0.25) is 23.2 Å². The van der Waals surface area contributed by atoms with Gasteiger partial charge in [0.15, 0.2) is 0 Å². The first-order valence-electron chi connectivity index (χ1n) is 29.8. The summed E-state index contributed by atoms with van der Waals surface area (Å²) >= 11 is 0. The van der Waals surface area contributed by atoms with Gasteiger partial charge >= 0.3 is 19.8 Å². The van der Waals surface area contributed by atoms with Crippen LogP contribution in [0.5, 0.6) is 0 Å². The van der Waals surface area contributed by atoms with E-state index >= 15 is 4.57 Å². The van der Waals surface area contributed by atoms with E-state index in [0.717, 1.165) is 59.3 Å². The molecule has 0 aliphatic heterocycles. The molecule has 436 valence electrons. The standard InChI is InChI=1S/C65H98NO10PSi2/c1-9-11-13-15-17-19-21-23-37-48-62(67)70-52-56(75-78(64(3,4)5,58-40-29-25-30-41-58)59-42-31-26-32-43-59)54-73-77(69,72-51-39-50-66)74-55-57(53-71-63(68)49-38-24-22-20-18-16-14-12-10-2)76-79(65(6,7)8,60-44-33-27-34-45-60)61-46-35-28-36-47-61/h25-36,40-47,56-57H,9-24,37-39,48-49,51-55H2,1-8H3/t56-,57-/m0/s1. The fourth-order valence-electron chi connectivity index (χ4n) is 10.5. The maximum atomic E-state index is 15.3. The molecule has 0 N–H and O–H groups in total. The second-order valence-corrected chi connectivity index (χ2v) is 33.3. The Morgan fingerprint density at radius 3 is 1.03 bits per heavy atom. The van der Waals surface area contributed by atoms with Crippen molar-refractivity contribution in [3.63, 3.8) is 0 Å². The minimum atomic E-state index is -4.59. The number of nitrogens with zero attached hydrogens (tertiary/aromatic N) is 1. The lowest BCUT2D eigenvalue weighted by Crippen LogP contribution is -2.68. The van der Waals surface area contributed by atoms with Gasteiger partial charge in [0.2, 0.25) is 0 Å². The predicted molar refractivity (Wildman–Crippen MR) is 326 cm³/mol. The number of nitriles is 1. The van der Waals surface area contributed by atoms with E-state index in [9.17, 15) is 14.9 Å².